The predicted octanol–water partition coefficient (Wildman–Crippen LogP) is 1.01. The molecule has 0 aliphatic carbocycles. The molecule has 0 aliphatic heterocycles. The van der Waals surface area contributed by atoms with Crippen LogP contribution >= 0.6 is 0 Å². The summed E-state index contributed by atoms with van der Waals surface area (Å²) in [5.74, 6) is 0. The summed E-state index contributed by atoms with van der Waals surface area (Å²) in [6, 6.07) is 0. The highest BCUT2D eigenvalue weighted by Crippen LogP contribution is 2.02. The van der Waals surface area contributed by atoms with Gasteiger partial charge in [0.1, 0.15) is 0 Å². The van der Waals surface area contributed by atoms with E-state index in [0.717, 1.165) is 5.56 Å². The van der Waals surface area contributed by atoms with Gasteiger partial charge in [-0.05, 0) is 6.92 Å². The summed E-state index contributed by atoms with van der Waals surface area (Å²) in [6.45, 7) is 2.71. The highest BCUT2D eigenvalue weighted by Gasteiger charge is 2.09. The molecule has 0 atom stereocenters. The smallest absolute Gasteiger partial charge is 0.409 e. The second kappa shape index (κ2) is 4.64. The van der Waals surface area contributed by atoms with E-state index in [1.54, 1.807) is 24.9 Å². The minimum Gasteiger partial charge on any atom is -0.450 e. The van der Waals surface area contributed by atoms with E-state index in [4.69, 9.17) is 4.74 Å². The third-order valence-electron chi connectivity index (χ3n) is 1.76. The molecule has 0 bridgehead atoms. The van der Waals surface area contributed by atoms with Crippen LogP contribution in [0.3, 0.4) is 0 Å². The van der Waals surface area contributed by atoms with E-state index in [0.29, 0.717) is 13.2 Å². The van der Waals surface area contributed by atoms with Gasteiger partial charge >= 0.3 is 6.09 Å². The molecule has 78 valence electrons. The molecule has 0 fully saturated rings. The number of hydrogen-bond acceptors (Lipinski definition) is 3. The maximum atomic E-state index is 11.2. The predicted molar refractivity (Wildman–Crippen MR) is 51.7 cm³/mol. The van der Waals surface area contributed by atoms with Crippen molar-refractivity contribution >= 4 is 6.09 Å². The third kappa shape index (κ3) is 2.76. The molecule has 0 unspecified atom stereocenters. The molecule has 0 aromatic carbocycles. The second-order valence-electron chi connectivity index (χ2n) is 3.08. The minimum atomic E-state index is -0.309. The summed E-state index contributed by atoms with van der Waals surface area (Å²) in [5.41, 5.74) is 0.989. The molecular weight excluding hydrogens is 182 g/mol. The van der Waals surface area contributed by atoms with E-state index in [1.807, 2.05) is 13.2 Å². The van der Waals surface area contributed by atoms with Gasteiger partial charge in [0.2, 0.25) is 0 Å². The van der Waals surface area contributed by atoms with E-state index < -0.39 is 0 Å². The summed E-state index contributed by atoms with van der Waals surface area (Å²) < 4.78 is 6.55. The van der Waals surface area contributed by atoms with E-state index in [2.05, 4.69) is 5.10 Å². The Balaban J connectivity index is 2.48. The zero-order valence-corrected chi connectivity index (χ0v) is 8.73. The molecule has 5 nitrogen and oxygen atoms in total. The fourth-order valence-electron chi connectivity index (χ4n) is 1.13. The van der Waals surface area contributed by atoms with Gasteiger partial charge in [0, 0.05) is 25.9 Å². The lowest BCUT2D eigenvalue weighted by Crippen LogP contribution is -2.26. The van der Waals surface area contributed by atoms with Gasteiger partial charge in [-0.1, -0.05) is 0 Å². The van der Waals surface area contributed by atoms with Gasteiger partial charge < -0.3 is 9.64 Å². The van der Waals surface area contributed by atoms with Gasteiger partial charge in [-0.2, -0.15) is 5.10 Å². The molecule has 1 rings (SSSR count). The van der Waals surface area contributed by atoms with Crippen LogP contribution in [-0.4, -0.2) is 34.4 Å². The lowest BCUT2D eigenvalue weighted by molar-refractivity contribution is 0.114. The Morgan fingerprint density at radius 2 is 2.43 bits per heavy atom. The average Bonchev–Trinajstić information content (AvgIpc) is 2.51. The first-order chi connectivity index (χ1) is 6.63. The topological polar surface area (TPSA) is 47.4 Å². The van der Waals surface area contributed by atoms with E-state index in [-0.39, 0.29) is 6.09 Å². The first-order valence-electron chi connectivity index (χ1n) is 4.49. The number of amides is 1. The van der Waals surface area contributed by atoms with Gasteiger partial charge in [-0.25, -0.2) is 4.79 Å². The van der Waals surface area contributed by atoms with Crippen molar-refractivity contribution in [2.45, 2.75) is 13.5 Å². The van der Waals surface area contributed by atoms with Crippen molar-refractivity contribution < 1.29 is 9.53 Å². The molecule has 0 aliphatic rings. The van der Waals surface area contributed by atoms with Crippen molar-refractivity contribution in [2.24, 2.45) is 7.05 Å². The molecule has 14 heavy (non-hydrogen) atoms. The average molecular weight is 197 g/mol. The van der Waals surface area contributed by atoms with Gasteiger partial charge in [-0.15, -0.1) is 0 Å². The molecule has 0 saturated carbocycles. The van der Waals surface area contributed by atoms with Crippen LogP contribution in [0.25, 0.3) is 0 Å². The highest BCUT2D eigenvalue weighted by atomic mass is 16.5. The van der Waals surface area contributed by atoms with E-state index in [1.165, 1.54) is 4.90 Å². The first-order valence-corrected chi connectivity index (χ1v) is 4.49. The monoisotopic (exact) mass is 197 g/mol. The first kappa shape index (κ1) is 10.6. The van der Waals surface area contributed by atoms with E-state index >= 15 is 0 Å². The maximum absolute atomic E-state index is 11.2. The van der Waals surface area contributed by atoms with Gasteiger partial charge in [0.05, 0.1) is 19.3 Å². The number of carbonyl (C=O) groups is 1. The Morgan fingerprint density at radius 1 is 1.71 bits per heavy atom. The molecule has 0 saturated heterocycles. The van der Waals surface area contributed by atoms with Crippen LogP contribution in [0.15, 0.2) is 12.4 Å². The molecule has 5 heteroatoms. The Hall–Kier alpha value is -1.52. The van der Waals surface area contributed by atoms with Gasteiger partial charge in [0.15, 0.2) is 0 Å². The van der Waals surface area contributed by atoms with Crippen molar-refractivity contribution in [2.75, 3.05) is 13.7 Å². The Kier molecular flexibility index (Phi) is 3.50. The van der Waals surface area contributed by atoms with Crippen LogP contribution in [0.2, 0.25) is 0 Å². The van der Waals surface area contributed by atoms with Crippen molar-refractivity contribution in [1.82, 2.24) is 14.7 Å². The molecule has 1 aromatic heterocycles. The summed E-state index contributed by atoms with van der Waals surface area (Å²) >= 11 is 0. The number of nitrogens with zero attached hydrogens (tertiary/aromatic N) is 3. The van der Waals surface area contributed by atoms with E-state index in [9.17, 15) is 4.79 Å². The number of aromatic nitrogens is 2. The zero-order chi connectivity index (χ0) is 10.6. The standard InChI is InChI=1S/C9H15N3O2/c1-4-14-9(13)11(2)6-8-5-10-12(3)7-8/h5,7H,4,6H2,1-3H3. The Morgan fingerprint density at radius 3 is 2.93 bits per heavy atom. The van der Waals surface area contributed by atoms with Crippen molar-refractivity contribution in [3.05, 3.63) is 18.0 Å². The van der Waals surface area contributed by atoms with Crippen LogP contribution in [0.4, 0.5) is 4.79 Å². The number of carbonyl (C=O) groups excluding carboxylic acids is 1. The molecule has 0 radical (unpaired) electrons. The van der Waals surface area contributed by atoms with Crippen molar-refractivity contribution in [3.63, 3.8) is 0 Å². The van der Waals surface area contributed by atoms with Crippen LogP contribution in [-0.2, 0) is 18.3 Å². The zero-order valence-electron chi connectivity index (χ0n) is 8.73. The lowest BCUT2D eigenvalue weighted by atomic mass is 10.3. The molecule has 1 amide bonds. The number of rotatable bonds is 3. The summed E-state index contributed by atoms with van der Waals surface area (Å²) in [7, 11) is 3.54. The number of ether oxygens (including phenoxy) is 1. The lowest BCUT2D eigenvalue weighted by Gasteiger charge is -2.14. The maximum Gasteiger partial charge on any atom is 0.409 e. The molecular formula is C9H15N3O2. The molecule has 0 N–H and O–H groups in total. The third-order valence-corrected chi connectivity index (χ3v) is 1.76. The normalized spacial score (nSPS) is 9.93. The van der Waals surface area contributed by atoms with Crippen molar-refractivity contribution in [1.29, 1.82) is 0 Å². The van der Waals surface area contributed by atoms with Crippen molar-refractivity contribution in [3.8, 4) is 0 Å². The SMILES string of the molecule is CCOC(=O)N(C)Cc1cnn(C)c1. The summed E-state index contributed by atoms with van der Waals surface area (Å²) in [5, 5.41) is 4.01. The molecule has 1 heterocycles. The van der Waals surface area contributed by atoms with Crippen LogP contribution in [0.5, 0.6) is 0 Å². The molecule has 1 aromatic rings. The number of aryl methyl sites for hydroxylation is 1. The van der Waals surface area contributed by atoms with Gasteiger partial charge in [-0.3, -0.25) is 4.68 Å². The van der Waals surface area contributed by atoms with Crippen LogP contribution in [0.1, 0.15) is 12.5 Å². The number of hydrogen-bond donors (Lipinski definition) is 0. The Bertz CT molecular complexity index is 309. The molecule has 0 spiro atoms. The highest BCUT2D eigenvalue weighted by molar-refractivity contribution is 5.67. The van der Waals surface area contributed by atoms with Gasteiger partial charge in [0.25, 0.3) is 0 Å². The second-order valence-corrected chi connectivity index (χ2v) is 3.08. The quantitative estimate of drug-likeness (QED) is 0.726. The largest absolute Gasteiger partial charge is 0.450 e. The van der Waals surface area contributed by atoms with Crippen LogP contribution < -0.4 is 0 Å². The summed E-state index contributed by atoms with van der Waals surface area (Å²) in [4.78, 5) is 12.7. The Labute approximate surface area is 83.3 Å². The van der Waals surface area contributed by atoms with Crippen LogP contribution in [0, 0.1) is 0 Å². The minimum absolute atomic E-state index is 0.309. The summed E-state index contributed by atoms with van der Waals surface area (Å²) in [6.07, 6.45) is 3.29. The fraction of sp³-hybridized carbons (Fsp3) is 0.556. The fourth-order valence-corrected chi connectivity index (χ4v) is 1.13.